The van der Waals surface area contributed by atoms with Gasteiger partial charge in [-0.1, -0.05) is 42.4 Å². The minimum atomic E-state index is 0. The standard InChI is InChI=1S/C25H30N6O2.HI/c1-3-22-30-24(33-31-22)18-11-9-17(10-12-18)13-14-27-25(26-4-2)28-16-19-15-23(32)29-21-8-6-5-7-20(19)21;/h5-12,19H,3-4,13-16H2,1-2H3,(H,29,32)(H2,26,27,28);1H. The van der Waals surface area contributed by atoms with Crippen molar-refractivity contribution in [2.24, 2.45) is 4.99 Å². The number of hydrogen-bond donors (Lipinski definition) is 3. The maximum absolute atomic E-state index is 12.1. The first-order valence-electron chi connectivity index (χ1n) is 11.5. The summed E-state index contributed by atoms with van der Waals surface area (Å²) < 4.78 is 5.30. The van der Waals surface area contributed by atoms with E-state index < -0.39 is 0 Å². The number of para-hydroxylation sites is 1. The maximum Gasteiger partial charge on any atom is 0.257 e. The Balaban J connectivity index is 0.00000324. The number of aliphatic imine (C=N–C) groups is 1. The number of rotatable bonds is 8. The topological polar surface area (TPSA) is 104 Å². The monoisotopic (exact) mass is 574 g/mol. The second kappa shape index (κ2) is 12.5. The quantitative estimate of drug-likeness (QED) is 0.212. The van der Waals surface area contributed by atoms with E-state index in [1.54, 1.807) is 0 Å². The van der Waals surface area contributed by atoms with Crippen LogP contribution in [0.2, 0.25) is 0 Å². The van der Waals surface area contributed by atoms with Crippen LogP contribution >= 0.6 is 24.0 Å². The molecule has 0 fully saturated rings. The van der Waals surface area contributed by atoms with Crippen molar-refractivity contribution in [2.45, 2.75) is 39.0 Å². The summed E-state index contributed by atoms with van der Waals surface area (Å²) in [6.45, 7) is 6.11. The van der Waals surface area contributed by atoms with Crippen molar-refractivity contribution in [1.29, 1.82) is 0 Å². The Morgan fingerprint density at radius 3 is 2.68 bits per heavy atom. The number of amides is 1. The lowest BCUT2D eigenvalue weighted by molar-refractivity contribution is -0.116. The molecule has 9 heteroatoms. The Bertz CT molecular complexity index is 1110. The second-order valence-electron chi connectivity index (χ2n) is 8.00. The van der Waals surface area contributed by atoms with Crippen LogP contribution in [0.3, 0.4) is 0 Å². The summed E-state index contributed by atoms with van der Waals surface area (Å²) in [6.07, 6.45) is 2.05. The lowest BCUT2D eigenvalue weighted by atomic mass is 9.91. The van der Waals surface area contributed by atoms with Crippen molar-refractivity contribution in [1.82, 2.24) is 20.8 Å². The smallest absolute Gasteiger partial charge is 0.257 e. The van der Waals surface area contributed by atoms with E-state index in [0.717, 1.165) is 48.7 Å². The summed E-state index contributed by atoms with van der Waals surface area (Å²) in [7, 11) is 0. The number of hydrogen-bond acceptors (Lipinski definition) is 5. The fraction of sp³-hybridized carbons (Fsp3) is 0.360. The molecule has 0 radical (unpaired) electrons. The molecule has 1 aliphatic heterocycles. The van der Waals surface area contributed by atoms with Crippen molar-refractivity contribution in [3.8, 4) is 11.5 Å². The van der Waals surface area contributed by atoms with Crippen LogP contribution in [0.5, 0.6) is 0 Å². The molecule has 0 aliphatic carbocycles. The van der Waals surface area contributed by atoms with Gasteiger partial charge in [0.15, 0.2) is 11.8 Å². The fourth-order valence-electron chi connectivity index (χ4n) is 3.86. The zero-order valence-corrected chi connectivity index (χ0v) is 21.8. The average molecular weight is 574 g/mol. The predicted octanol–water partition coefficient (Wildman–Crippen LogP) is 4.14. The predicted molar refractivity (Wildman–Crippen MR) is 145 cm³/mol. The molecule has 0 bridgehead atoms. The number of halogens is 1. The van der Waals surface area contributed by atoms with Gasteiger partial charge in [-0.05, 0) is 42.7 Å². The number of fused-ring (bicyclic) bond motifs is 1. The highest BCUT2D eigenvalue weighted by atomic mass is 127. The zero-order chi connectivity index (χ0) is 23.0. The van der Waals surface area contributed by atoms with Crippen molar-refractivity contribution in [3.63, 3.8) is 0 Å². The minimum Gasteiger partial charge on any atom is -0.357 e. The van der Waals surface area contributed by atoms with Gasteiger partial charge >= 0.3 is 0 Å². The molecule has 1 amide bonds. The van der Waals surface area contributed by atoms with Crippen molar-refractivity contribution in [2.75, 3.05) is 25.0 Å². The molecular formula is C25H31IN6O2. The number of nitrogens with one attached hydrogen (secondary N) is 3. The number of aryl methyl sites for hydroxylation is 1. The van der Waals surface area contributed by atoms with E-state index in [0.29, 0.717) is 24.7 Å². The highest BCUT2D eigenvalue weighted by Gasteiger charge is 2.24. The van der Waals surface area contributed by atoms with E-state index in [9.17, 15) is 4.79 Å². The van der Waals surface area contributed by atoms with Crippen molar-refractivity contribution in [3.05, 3.63) is 65.5 Å². The molecule has 2 heterocycles. The second-order valence-corrected chi connectivity index (χ2v) is 8.00. The molecular weight excluding hydrogens is 543 g/mol. The average Bonchev–Trinajstić information content (AvgIpc) is 3.32. The van der Waals surface area contributed by atoms with Crippen molar-refractivity contribution >= 4 is 41.5 Å². The first kappa shape index (κ1) is 25.7. The maximum atomic E-state index is 12.1. The molecule has 1 aliphatic rings. The Kier molecular flexibility index (Phi) is 9.43. The Morgan fingerprint density at radius 2 is 1.94 bits per heavy atom. The number of aromatic nitrogens is 2. The molecule has 1 aromatic heterocycles. The van der Waals surface area contributed by atoms with E-state index in [1.165, 1.54) is 5.56 Å². The molecule has 2 aromatic carbocycles. The van der Waals surface area contributed by atoms with Gasteiger partial charge in [-0.15, -0.1) is 24.0 Å². The zero-order valence-electron chi connectivity index (χ0n) is 19.5. The van der Waals surface area contributed by atoms with E-state index in [2.05, 4.69) is 44.3 Å². The van der Waals surface area contributed by atoms with Gasteiger partial charge in [-0.25, -0.2) is 0 Å². The number of nitrogens with zero attached hydrogens (tertiary/aromatic N) is 3. The molecule has 3 N–H and O–H groups in total. The molecule has 0 spiro atoms. The number of guanidine groups is 1. The highest BCUT2D eigenvalue weighted by molar-refractivity contribution is 14.0. The molecule has 180 valence electrons. The van der Waals surface area contributed by atoms with Gasteiger partial charge in [-0.2, -0.15) is 4.98 Å². The van der Waals surface area contributed by atoms with E-state index in [4.69, 9.17) is 9.52 Å². The summed E-state index contributed by atoms with van der Waals surface area (Å²) in [4.78, 5) is 21.2. The third kappa shape index (κ3) is 6.55. The van der Waals surface area contributed by atoms with Gasteiger partial charge in [-0.3, -0.25) is 9.79 Å². The van der Waals surface area contributed by atoms with Gasteiger partial charge in [0.05, 0.1) is 6.54 Å². The third-order valence-electron chi connectivity index (χ3n) is 5.61. The summed E-state index contributed by atoms with van der Waals surface area (Å²) in [5.41, 5.74) is 4.16. The molecule has 1 unspecified atom stereocenters. The van der Waals surface area contributed by atoms with Crippen LogP contribution < -0.4 is 16.0 Å². The Labute approximate surface area is 217 Å². The van der Waals surface area contributed by atoms with Gasteiger partial charge in [0.1, 0.15) is 0 Å². The van der Waals surface area contributed by atoms with Gasteiger partial charge < -0.3 is 20.5 Å². The summed E-state index contributed by atoms with van der Waals surface area (Å²) in [5, 5.41) is 13.6. The van der Waals surface area contributed by atoms with Gasteiger partial charge in [0.2, 0.25) is 5.91 Å². The lowest BCUT2D eigenvalue weighted by Crippen LogP contribution is -2.38. The molecule has 1 atom stereocenters. The number of carbonyl (C=O) groups excluding carboxylic acids is 1. The third-order valence-corrected chi connectivity index (χ3v) is 5.61. The number of carbonyl (C=O) groups is 1. The summed E-state index contributed by atoms with van der Waals surface area (Å²) >= 11 is 0. The van der Waals surface area contributed by atoms with E-state index in [-0.39, 0.29) is 35.8 Å². The highest BCUT2D eigenvalue weighted by Crippen LogP contribution is 2.32. The minimum absolute atomic E-state index is 0. The molecule has 8 nitrogen and oxygen atoms in total. The van der Waals surface area contributed by atoms with E-state index in [1.807, 2.05) is 44.2 Å². The largest absolute Gasteiger partial charge is 0.357 e. The van der Waals surface area contributed by atoms with Crippen LogP contribution in [0.25, 0.3) is 11.5 Å². The molecule has 0 saturated heterocycles. The van der Waals surface area contributed by atoms with Gasteiger partial charge in [0.25, 0.3) is 5.89 Å². The molecule has 3 aromatic rings. The van der Waals surface area contributed by atoms with Crippen LogP contribution in [0.15, 0.2) is 58.0 Å². The molecule has 34 heavy (non-hydrogen) atoms. The van der Waals surface area contributed by atoms with Crippen LogP contribution in [-0.4, -0.2) is 41.6 Å². The normalized spacial score (nSPS) is 15.2. The van der Waals surface area contributed by atoms with Crippen molar-refractivity contribution < 1.29 is 9.32 Å². The number of anilines is 1. The Hall–Kier alpha value is -2.95. The Morgan fingerprint density at radius 1 is 1.15 bits per heavy atom. The first-order chi connectivity index (χ1) is 16.2. The summed E-state index contributed by atoms with van der Waals surface area (Å²) in [5.74, 6) is 2.15. The molecule has 0 saturated carbocycles. The van der Waals surface area contributed by atoms with Gasteiger partial charge in [0, 0.05) is 43.1 Å². The van der Waals surface area contributed by atoms with Crippen LogP contribution in [-0.2, 0) is 17.6 Å². The first-order valence-corrected chi connectivity index (χ1v) is 11.5. The van der Waals surface area contributed by atoms with Crippen LogP contribution in [0, 0.1) is 0 Å². The molecule has 4 rings (SSSR count). The fourth-order valence-corrected chi connectivity index (χ4v) is 3.86. The van der Waals surface area contributed by atoms with E-state index >= 15 is 0 Å². The SMILES string of the molecule is CCNC(=NCC1CC(=O)Nc2ccccc21)NCCc1ccc(-c2nc(CC)no2)cc1.I. The van der Waals surface area contributed by atoms with Crippen LogP contribution in [0.4, 0.5) is 5.69 Å². The number of benzene rings is 2. The van der Waals surface area contributed by atoms with Crippen LogP contribution in [0.1, 0.15) is 43.1 Å². The lowest BCUT2D eigenvalue weighted by Gasteiger charge is -2.24. The summed E-state index contributed by atoms with van der Waals surface area (Å²) in [6, 6.07) is 16.1.